The van der Waals surface area contributed by atoms with Crippen molar-refractivity contribution in [1.29, 1.82) is 0 Å². The highest BCUT2D eigenvalue weighted by Gasteiger charge is 2.25. The normalized spacial score (nSPS) is 21.7. The van der Waals surface area contributed by atoms with Gasteiger partial charge >= 0.3 is 0 Å². The van der Waals surface area contributed by atoms with Gasteiger partial charge in [-0.15, -0.1) is 0 Å². The number of ether oxygens (including phenoxy) is 1. The lowest BCUT2D eigenvalue weighted by Gasteiger charge is -2.15. The summed E-state index contributed by atoms with van der Waals surface area (Å²) in [6, 6.07) is 5.83. The number of benzene rings is 1. The van der Waals surface area contributed by atoms with E-state index in [4.69, 9.17) is 4.74 Å². The number of hydrogen-bond acceptors (Lipinski definition) is 3. The standard InChI is InChI=1S/C15H20FNO3/c16-12-4-2-5-13(9-12)20-8-7-15(19)17-10-11-3-1-6-14(11)18/h2,4-5,9,11,14,18H,1,3,6-8,10H2,(H,17,19). The Kier molecular flexibility index (Phi) is 5.35. The molecule has 1 aromatic rings. The summed E-state index contributed by atoms with van der Waals surface area (Å²) in [5, 5.41) is 12.4. The summed E-state index contributed by atoms with van der Waals surface area (Å²) in [5.41, 5.74) is 0. The SMILES string of the molecule is O=C(CCOc1cccc(F)c1)NCC1CCCC1O. The Balaban J connectivity index is 1.63. The summed E-state index contributed by atoms with van der Waals surface area (Å²) < 4.78 is 18.2. The minimum absolute atomic E-state index is 0.111. The maximum absolute atomic E-state index is 12.9. The van der Waals surface area contributed by atoms with Crippen molar-refractivity contribution in [3.05, 3.63) is 30.1 Å². The van der Waals surface area contributed by atoms with Crippen LogP contribution in [0.2, 0.25) is 0 Å². The monoisotopic (exact) mass is 281 g/mol. The molecular weight excluding hydrogens is 261 g/mol. The Labute approximate surface area is 117 Å². The van der Waals surface area contributed by atoms with Crippen LogP contribution in [0.4, 0.5) is 4.39 Å². The van der Waals surface area contributed by atoms with E-state index in [9.17, 15) is 14.3 Å². The van der Waals surface area contributed by atoms with E-state index in [0.29, 0.717) is 12.3 Å². The van der Waals surface area contributed by atoms with Gasteiger partial charge < -0.3 is 15.2 Å². The number of aliphatic hydroxyl groups excluding tert-OH is 1. The van der Waals surface area contributed by atoms with Crippen LogP contribution in [0.15, 0.2) is 24.3 Å². The highest BCUT2D eigenvalue weighted by atomic mass is 19.1. The van der Waals surface area contributed by atoms with Gasteiger partial charge in [0, 0.05) is 18.5 Å². The fourth-order valence-electron chi connectivity index (χ4n) is 2.41. The third-order valence-electron chi connectivity index (χ3n) is 3.57. The van der Waals surface area contributed by atoms with Crippen molar-refractivity contribution in [3.8, 4) is 5.75 Å². The fourth-order valence-corrected chi connectivity index (χ4v) is 2.41. The van der Waals surface area contributed by atoms with Crippen LogP contribution in [-0.4, -0.2) is 30.3 Å². The van der Waals surface area contributed by atoms with Crippen LogP contribution >= 0.6 is 0 Å². The molecule has 2 atom stereocenters. The first kappa shape index (κ1) is 14.8. The zero-order valence-electron chi connectivity index (χ0n) is 11.3. The number of amides is 1. The number of halogens is 1. The molecule has 0 saturated heterocycles. The number of hydrogen-bond donors (Lipinski definition) is 2. The van der Waals surface area contributed by atoms with E-state index in [1.165, 1.54) is 12.1 Å². The van der Waals surface area contributed by atoms with E-state index in [0.717, 1.165) is 19.3 Å². The molecule has 110 valence electrons. The lowest BCUT2D eigenvalue weighted by Crippen LogP contribution is -2.33. The first-order chi connectivity index (χ1) is 9.65. The molecule has 0 radical (unpaired) electrons. The number of carbonyl (C=O) groups is 1. The first-order valence-electron chi connectivity index (χ1n) is 6.98. The van der Waals surface area contributed by atoms with Crippen LogP contribution in [0, 0.1) is 11.7 Å². The zero-order chi connectivity index (χ0) is 14.4. The predicted octanol–water partition coefficient (Wildman–Crippen LogP) is 1.87. The molecule has 0 aliphatic heterocycles. The maximum atomic E-state index is 12.9. The molecule has 0 aromatic heterocycles. The predicted molar refractivity (Wildman–Crippen MR) is 72.9 cm³/mol. The lowest BCUT2D eigenvalue weighted by molar-refractivity contribution is -0.121. The van der Waals surface area contributed by atoms with E-state index >= 15 is 0 Å². The number of carbonyl (C=O) groups excluding carboxylic acids is 1. The molecular formula is C15H20FNO3. The summed E-state index contributed by atoms with van der Waals surface area (Å²) in [4.78, 5) is 11.6. The molecule has 1 amide bonds. The smallest absolute Gasteiger partial charge is 0.223 e. The molecule has 0 heterocycles. The lowest BCUT2D eigenvalue weighted by atomic mass is 10.1. The molecule has 2 N–H and O–H groups in total. The molecule has 1 aromatic carbocycles. The fraction of sp³-hybridized carbons (Fsp3) is 0.533. The molecule has 0 bridgehead atoms. The zero-order valence-corrected chi connectivity index (χ0v) is 11.3. The van der Waals surface area contributed by atoms with Gasteiger partial charge in [0.05, 0.1) is 19.1 Å². The van der Waals surface area contributed by atoms with E-state index in [1.807, 2.05) is 0 Å². The molecule has 1 saturated carbocycles. The molecule has 2 rings (SSSR count). The van der Waals surface area contributed by atoms with Gasteiger partial charge in [0.2, 0.25) is 5.91 Å². The number of nitrogens with one attached hydrogen (secondary N) is 1. The van der Waals surface area contributed by atoms with Crippen LogP contribution in [0.3, 0.4) is 0 Å². The van der Waals surface area contributed by atoms with Gasteiger partial charge in [-0.25, -0.2) is 4.39 Å². The maximum Gasteiger partial charge on any atom is 0.223 e. The molecule has 1 aliphatic rings. The van der Waals surface area contributed by atoms with Crippen molar-refractivity contribution in [1.82, 2.24) is 5.32 Å². The molecule has 20 heavy (non-hydrogen) atoms. The van der Waals surface area contributed by atoms with E-state index in [2.05, 4.69) is 5.32 Å². The second-order valence-electron chi connectivity index (χ2n) is 5.12. The third kappa shape index (κ3) is 4.49. The quantitative estimate of drug-likeness (QED) is 0.837. The van der Waals surface area contributed by atoms with E-state index < -0.39 is 0 Å². The molecule has 4 nitrogen and oxygen atoms in total. The molecule has 0 spiro atoms. The van der Waals surface area contributed by atoms with Crippen molar-refractivity contribution in [2.24, 2.45) is 5.92 Å². The average Bonchev–Trinajstić information content (AvgIpc) is 2.82. The first-order valence-corrected chi connectivity index (χ1v) is 6.98. The number of rotatable bonds is 6. The summed E-state index contributed by atoms with van der Waals surface area (Å²) >= 11 is 0. The Hall–Kier alpha value is -1.62. The van der Waals surface area contributed by atoms with E-state index in [1.54, 1.807) is 12.1 Å². The largest absolute Gasteiger partial charge is 0.493 e. The Morgan fingerprint density at radius 1 is 1.45 bits per heavy atom. The van der Waals surface area contributed by atoms with Crippen LogP contribution < -0.4 is 10.1 Å². The van der Waals surface area contributed by atoms with Crippen molar-refractivity contribution < 1.29 is 19.0 Å². The van der Waals surface area contributed by atoms with Gasteiger partial charge in [0.25, 0.3) is 0 Å². The van der Waals surface area contributed by atoms with Crippen molar-refractivity contribution in [2.45, 2.75) is 31.8 Å². The van der Waals surface area contributed by atoms with Crippen LogP contribution in [0.5, 0.6) is 5.75 Å². The van der Waals surface area contributed by atoms with Gasteiger partial charge in [-0.1, -0.05) is 12.5 Å². The molecule has 2 unspecified atom stereocenters. The van der Waals surface area contributed by atoms with Crippen LogP contribution in [-0.2, 0) is 4.79 Å². The summed E-state index contributed by atoms with van der Waals surface area (Å²) in [7, 11) is 0. The summed E-state index contributed by atoms with van der Waals surface area (Å²) in [6.07, 6.45) is 2.73. The number of aliphatic hydroxyl groups is 1. The van der Waals surface area contributed by atoms with E-state index in [-0.39, 0.29) is 36.8 Å². The Morgan fingerprint density at radius 2 is 2.30 bits per heavy atom. The highest BCUT2D eigenvalue weighted by Crippen LogP contribution is 2.24. The summed E-state index contributed by atoms with van der Waals surface area (Å²) in [6.45, 7) is 0.725. The Bertz CT molecular complexity index is 452. The minimum atomic E-state index is -0.359. The van der Waals surface area contributed by atoms with Crippen LogP contribution in [0.25, 0.3) is 0 Å². The molecule has 5 heteroatoms. The van der Waals surface area contributed by atoms with Gasteiger partial charge in [-0.2, -0.15) is 0 Å². The minimum Gasteiger partial charge on any atom is -0.493 e. The Morgan fingerprint density at radius 3 is 3.00 bits per heavy atom. The molecule has 1 fully saturated rings. The van der Waals surface area contributed by atoms with Crippen LogP contribution in [0.1, 0.15) is 25.7 Å². The topological polar surface area (TPSA) is 58.6 Å². The van der Waals surface area contributed by atoms with Crippen molar-refractivity contribution in [3.63, 3.8) is 0 Å². The van der Waals surface area contributed by atoms with Gasteiger partial charge in [-0.05, 0) is 25.0 Å². The van der Waals surface area contributed by atoms with Crippen molar-refractivity contribution >= 4 is 5.91 Å². The van der Waals surface area contributed by atoms with Gasteiger partial charge in [-0.3, -0.25) is 4.79 Å². The average molecular weight is 281 g/mol. The third-order valence-corrected chi connectivity index (χ3v) is 3.57. The second-order valence-corrected chi connectivity index (χ2v) is 5.12. The van der Waals surface area contributed by atoms with Gasteiger partial charge in [0.1, 0.15) is 11.6 Å². The highest BCUT2D eigenvalue weighted by molar-refractivity contribution is 5.75. The second kappa shape index (κ2) is 7.24. The van der Waals surface area contributed by atoms with Gasteiger partial charge in [0.15, 0.2) is 0 Å². The summed E-state index contributed by atoms with van der Waals surface area (Å²) in [5.74, 6) is 0.120. The molecule has 1 aliphatic carbocycles. The van der Waals surface area contributed by atoms with Crippen molar-refractivity contribution in [2.75, 3.05) is 13.2 Å².